The van der Waals surface area contributed by atoms with Crippen LogP contribution in [0.5, 0.6) is 0 Å². The van der Waals surface area contributed by atoms with Gasteiger partial charge in [-0.05, 0) is 62.1 Å². The molecule has 10 nitrogen and oxygen atoms in total. The van der Waals surface area contributed by atoms with Crippen LogP contribution in [0.15, 0.2) is 61.2 Å². The number of H-pyrrole nitrogens is 2. The summed E-state index contributed by atoms with van der Waals surface area (Å²) in [7, 11) is 3.90. The van der Waals surface area contributed by atoms with Crippen LogP contribution < -0.4 is 10.6 Å². The van der Waals surface area contributed by atoms with Gasteiger partial charge in [0.1, 0.15) is 11.4 Å². The Hall–Kier alpha value is -3.64. The number of rotatable bonds is 19. The minimum atomic E-state index is -0.121. The van der Waals surface area contributed by atoms with E-state index in [-0.39, 0.29) is 11.8 Å². The zero-order valence-corrected chi connectivity index (χ0v) is 25.3. The number of nitrogens with one attached hydrogen (secondary N) is 4. The number of hydrogen-bond donors (Lipinski definition) is 4. The molecule has 0 saturated heterocycles. The Morgan fingerprint density at radius 1 is 0.595 bits per heavy atom. The van der Waals surface area contributed by atoms with Gasteiger partial charge >= 0.3 is 0 Å². The maximum atomic E-state index is 12.3. The van der Waals surface area contributed by atoms with Crippen LogP contribution in [-0.4, -0.2) is 66.8 Å². The number of hydrogen-bond acceptors (Lipinski definition) is 8. The van der Waals surface area contributed by atoms with Crippen LogP contribution in [0.4, 0.5) is 0 Å². The number of aromatic amines is 2. The zero-order valence-electron chi connectivity index (χ0n) is 23.7. The maximum Gasteiger partial charge on any atom is 0.269 e. The van der Waals surface area contributed by atoms with Crippen LogP contribution in [0.2, 0.25) is 0 Å². The third-order valence-electron chi connectivity index (χ3n) is 6.56. The van der Waals surface area contributed by atoms with Gasteiger partial charge in [0, 0.05) is 60.5 Å². The van der Waals surface area contributed by atoms with Crippen molar-refractivity contribution in [3.05, 3.63) is 72.6 Å². The summed E-state index contributed by atoms with van der Waals surface area (Å²) in [6.07, 6.45) is 15.7. The van der Waals surface area contributed by atoms with E-state index in [0.29, 0.717) is 24.5 Å². The number of amides is 2. The van der Waals surface area contributed by atoms with Crippen molar-refractivity contribution in [2.45, 2.75) is 51.4 Å². The van der Waals surface area contributed by atoms with Gasteiger partial charge in [-0.3, -0.25) is 29.8 Å². The molecule has 4 heterocycles. The second-order valence-corrected chi connectivity index (χ2v) is 12.5. The second kappa shape index (κ2) is 18.0. The summed E-state index contributed by atoms with van der Waals surface area (Å²) in [6, 6.07) is 11.0. The Balaban J connectivity index is 0.912. The summed E-state index contributed by atoms with van der Waals surface area (Å²) in [5.74, 6) is 2.07. The van der Waals surface area contributed by atoms with E-state index >= 15 is 0 Å². The van der Waals surface area contributed by atoms with E-state index in [1.807, 2.05) is 45.9 Å². The van der Waals surface area contributed by atoms with Crippen LogP contribution in [0, 0.1) is 0 Å². The lowest BCUT2D eigenvalue weighted by atomic mass is 10.2. The lowest BCUT2D eigenvalue weighted by Gasteiger charge is -2.05. The lowest BCUT2D eigenvalue weighted by Crippen LogP contribution is -2.24. The maximum absolute atomic E-state index is 12.3. The quantitative estimate of drug-likeness (QED) is 0.0762. The van der Waals surface area contributed by atoms with E-state index in [4.69, 9.17) is 0 Å². The monoisotopic (exact) mass is 606 g/mol. The van der Waals surface area contributed by atoms with Crippen molar-refractivity contribution in [3.63, 3.8) is 0 Å². The molecular formula is C30H38N8O2S2. The van der Waals surface area contributed by atoms with Gasteiger partial charge in [-0.15, -0.1) is 0 Å². The van der Waals surface area contributed by atoms with Crippen molar-refractivity contribution in [1.82, 2.24) is 41.0 Å². The lowest BCUT2D eigenvalue weighted by molar-refractivity contribution is 0.0940. The molecule has 0 radical (unpaired) electrons. The molecule has 4 aromatic rings. The number of nitrogens with zero attached hydrogens (tertiary/aromatic N) is 4. The molecule has 0 aliphatic carbocycles. The molecule has 4 N–H and O–H groups in total. The van der Waals surface area contributed by atoms with Crippen LogP contribution in [-0.2, 0) is 0 Å². The molecule has 0 aliphatic heterocycles. The molecule has 0 bridgehead atoms. The van der Waals surface area contributed by atoms with Gasteiger partial charge in [-0.2, -0.15) is 10.2 Å². The van der Waals surface area contributed by atoms with Crippen molar-refractivity contribution in [1.29, 1.82) is 0 Å². The summed E-state index contributed by atoms with van der Waals surface area (Å²) >= 11 is 0. The van der Waals surface area contributed by atoms with Crippen molar-refractivity contribution in [3.8, 4) is 22.5 Å². The Bertz CT molecular complexity index is 1240. The second-order valence-electron chi connectivity index (χ2n) is 9.79. The molecule has 0 aromatic carbocycles. The highest BCUT2D eigenvalue weighted by Gasteiger charge is 2.11. The predicted octanol–water partition coefficient (Wildman–Crippen LogP) is 5.92. The number of aromatic nitrogens is 6. The van der Waals surface area contributed by atoms with E-state index in [1.54, 1.807) is 36.9 Å². The molecular weight excluding hydrogens is 569 g/mol. The van der Waals surface area contributed by atoms with Crippen molar-refractivity contribution >= 4 is 33.4 Å². The largest absolute Gasteiger partial charge is 0.351 e. The minimum Gasteiger partial charge on any atom is -0.351 e. The Labute approximate surface area is 254 Å². The highest BCUT2D eigenvalue weighted by atomic mass is 33.1. The topological polar surface area (TPSA) is 141 Å². The third-order valence-corrected chi connectivity index (χ3v) is 9.14. The molecule has 0 unspecified atom stereocenters. The number of pyridine rings is 2. The van der Waals surface area contributed by atoms with Crippen LogP contribution >= 0.6 is 21.6 Å². The van der Waals surface area contributed by atoms with E-state index in [2.05, 4.69) is 41.0 Å². The van der Waals surface area contributed by atoms with Gasteiger partial charge < -0.3 is 10.6 Å². The molecule has 12 heteroatoms. The first kappa shape index (κ1) is 31.3. The summed E-state index contributed by atoms with van der Waals surface area (Å²) in [5.41, 5.74) is 4.28. The average Bonchev–Trinajstić information content (AvgIpc) is 3.73. The molecule has 0 fully saturated rings. The fourth-order valence-electron chi connectivity index (χ4n) is 4.21. The fourth-order valence-corrected chi connectivity index (χ4v) is 6.50. The van der Waals surface area contributed by atoms with E-state index in [1.165, 1.54) is 25.7 Å². The van der Waals surface area contributed by atoms with Crippen molar-refractivity contribution < 1.29 is 9.59 Å². The van der Waals surface area contributed by atoms with Crippen LogP contribution in [0.25, 0.3) is 22.5 Å². The van der Waals surface area contributed by atoms with Gasteiger partial charge in [0.2, 0.25) is 0 Å². The molecule has 0 aliphatic rings. The van der Waals surface area contributed by atoms with Gasteiger partial charge in [0.15, 0.2) is 0 Å². The molecule has 0 spiro atoms. The highest BCUT2D eigenvalue weighted by Crippen LogP contribution is 2.24. The molecule has 2 amide bonds. The van der Waals surface area contributed by atoms with Crippen LogP contribution in [0.3, 0.4) is 0 Å². The third kappa shape index (κ3) is 10.6. The van der Waals surface area contributed by atoms with Crippen molar-refractivity contribution in [2.24, 2.45) is 0 Å². The SMILES string of the molecule is O=C(NCCCCCCSSCCCCCCNC(=O)c1cc(-c2ccncc2)n[nH]1)c1cc(-c2ccncc2)n[nH]1. The van der Waals surface area contributed by atoms with E-state index in [9.17, 15) is 9.59 Å². The summed E-state index contributed by atoms with van der Waals surface area (Å²) in [6.45, 7) is 1.34. The summed E-state index contributed by atoms with van der Waals surface area (Å²) in [4.78, 5) is 32.7. The summed E-state index contributed by atoms with van der Waals surface area (Å²) in [5, 5.41) is 20.0. The van der Waals surface area contributed by atoms with E-state index < -0.39 is 0 Å². The first-order valence-corrected chi connectivity index (χ1v) is 16.9. The Kier molecular flexibility index (Phi) is 13.4. The van der Waals surface area contributed by atoms with Gasteiger partial charge in [0.25, 0.3) is 11.8 Å². The zero-order chi connectivity index (χ0) is 29.2. The van der Waals surface area contributed by atoms with E-state index in [0.717, 1.165) is 59.7 Å². The normalized spacial score (nSPS) is 11.0. The number of unbranched alkanes of at least 4 members (excludes halogenated alkanes) is 6. The smallest absolute Gasteiger partial charge is 0.269 e. The van der Waals surface area contributed by atoms with Crippen LogP contribution in [0.1, 0.15) is 72.3 Å². The first-order valence-electron chi connectivity index (χ1n) is 14.4. The molecule has 42 heavy (non-hydrogen) atoms. The average molecular weight is 607 g/mol. The standard InChI is InChI=1S/C30H38N8O2S2/c39-29(27-21-25(35-37-27)23-9-15-31-16-10-23)33-13-5-1-3-7-19-41-42-20-8-4-2-6-14-34-30(40)28-22-26(36-38-28)24-11-17-32-18-12-24/h9-12,15-18,21-22H,1-8,13-14,19-20H2,(H,33,39)(H,34,40)(H,35,37)(H,36,38). The van der Waals surface area contributed by atoms with Gasteiger partial charge in [-0.25, -0.2) is 0 Å². The van der Waals surface area contributed by atoms with Crippen molar-refractivity contribution in [2.75, 3.05) is 24.6 Å². The number of carbonyl (C=O) groups is 2. The van der Waals surface area contributed by atoms with Gasteiger partial charge in [0.05, 0.1) is 11.4 Å². The van der Waals surface area contributed by atoms with Gasteiger partial charge in [-0.1, -0.05) is 47.3 Å². The predicted molar refractivity (Wildman–Crippen MR) is 170 cm³/mol. The first-order chi connectivity index (χ1) is 20.7. The molecule has 4 aromatic heterocycles. The fraction of sp³-hybridized carbons (Fsp3) is 0.400. The summed E-state index contributed by atoms with van der Waals surface area (Å²) < 4.78 is 0. The Morgan fingerprint density at radius 2 is 1.00 bits per heavy atom. The Morgan fingerprint density at radius 3 is 1.43 bits per heavy atom. The highest BCUT2D eigenvalue weighted by molar-refractivity contribution is 8.76. The number of carbonyl (C=O) groups excluding carboxylic acids is 2. The minimum absolute atomic E-state index is 0.121. The molecule has 222 valence electrons. The molecule has 0 saturated carbocycles. The molecule has 4 rings (SSSR count). The molecule has 0 atom stereocenters.